The van der Waals surface area contributed by atoms with Crippen molar-refractivity contribution >= 4 is 29.4 Å². The monoisotopic (exact) mass is 349 g/mol. The smallest absolute Gasteiger partial charge is 0.381 e. The van der Waals surface area contributed by atoms with Crippen LogP contribution >= 0.6 is 0 Å². The van der Waals surface area contributed by atoms with Crippen molar-refractivity contribution in [3.05, 3.63) is 0 Å². The molecule has 1 saturated heterocycles. The topological polar surface area (TPSA) is 80.8 Å². The number of imide groups is 1. The Bertz CT molecular complexity index is 698. The van der Waals surface area contributed by atoms with Crippen LogP contribution in [-0.4, -0.2) is 94.8 Å². The van der Waals surface area contributed by atoms with Crippen molar-refractivity contribution in [3.63, 3.8) is 0 Å². The van der Waals surface area contributed by atoms with Gasteiger partial charge in [-0.3, -0.25) is 14.6 Å². The lowest BCUT2D eigenvalue weighted by molar-refractivity contribution is -0.559. The first-order chi connectivity index (χ1) is 11.9. The van der Waals surface area contributed by atoms with Crippen molar-refractivity contribution < 1.29 is 18.9 Å². The van der Waals surface area contributed by atoms with E-state index in [0.29, 0.717) is 31.5 Å². The van der Waals surface area contributed by atoms with Crippen molar-refractivity contribution in [3.8, 4) is 0 Å². The molecule has 9 nitrogen and oxygen atoms in total. The Hall–Kier alpha value is -2.29. The second-order valence-corrected chi connectivity index (χ2v) is 6.44. The molecule has 2 atom stereocenters. The van der Waals surface area contributed by atoms with Crippen LogP contribution in [0.25, 0.3) is 0 Å². The molecule has 0 radical (unpaired) electrons. The standard InChI is InChI=1S/C16H25N6O3/c1-6-7-20-14(23)12-13(19(4)16(20)24)17-15-21(8-9-25-5)18-10(2)11(3)22(12)15/h11-12H,6-9H2,1-5H3/q+1. The van der Waals surface area contributed by atoms with Gasteiger partial charge in [0.05, 0.1) is 12.3 Å². The summed E-state index contributed by atoms with van der Waals surface area (Å²) in [5.41, 5.74) is 0.894. The lowest BCUT2D eigenvalue weighted by Crippen LogP contribution is -2.64. The number of carbonyl (C=O) groups excluding carboxylic acids is 2. The molecule has 9 heteroatoms. The summed E-state index contributed by atoms with van der Waals surface area (Å²) in [5.74, 6) is 0.852. The van der Waals surface area contributed by atoms with Gasteiger partial charge in [-0.2, -0.15) is 0 Å². The number of urea groups is 1. The molecule has 0 aromatic carbocycles. The minimum absolute atomic E-state index is 0.0749. The number of hydrogen-bond acceptors (Lipinski definition) is 6. The fourth-order valence-electron chi connectivity index (χ4n) is 3.33. The fraction of sp³-hybridized carbons (Fsp3) is 0.688. The van der Waals surface area contributed by atoms with E-state index in [1.807, 2.05) is 25.3 Å². The minimum Gasteiger partial charge on any atom is -0.381 e. The van der Waals surface area contributed by atoms with Crippen LogP contribution in [0.3, 0.4) is 0 Å². The molecule has 25 heavy (non-hydrogen) atoms. The molecule has 3 aliphatic heterocycles. The molecule has 0 aromatic rings. The van der Waals surface area contributed by atoms with Crippen molar-refractivity contribution in [2.75, 3.05) is 33.9 Å². The van der Waals surface area contributed by atoms with Gasteiger partial charge in [0.2, 0.25) is 11.9 Å². The average molecular weight is 349 g/mol. The Labute approximate surface area is 147 Å². The van der Waals surface area contributed by atoms with Crippen molar-refractivity contribution in [1.82, 2.24) is 14.8 Å². The lowest BCUT2D eigenvalue weighted by atomic mass is 10.1. The molecule has 0 bridgehead atoms. The molecule has 0 saturated carbocycles. The number of guanidine groups is 1. The number of amidine groups is 1. The number of hydrogen-bond donors (Lipinski definition) is 0. The summed E-state index contributed by atoms with van der Waals surface area (Å²) in [6.45, 7) is 7.31. The molecule has 3 aliphatic rings. The number of methoxy groups -OCH3 is 1. The molecule has 0 aromatic heterocycles. The van der Waals surface area contributed by atoms with E-state index >= 15 is 0 Å². The Morgan fingerprint density at radius 2 is 2.00 bits per heavy atom. The Morgan fingerprint density at radius 1 is 1.28 bits per heavy atom. The van der Waals surface area contributed by atoms with Crippen molar-refractivity contribution in [2.45, 2.75) is 39.3 Å². The van der Waals surface area contributed by atoms with Gasteiger partial charge in [-0.15, -0.1) is 10.1 Å². The van der Waals surface area contributed by atoms with Crippen LogP contribution in [-0.2, 0) is 9.53 Å². The number of rotatable bonds is 5. The van der Waals surface area contributed by atoms with Crippen LogP contribution in [0, 0.1) is 0 Å². The van der Waals surface area contributed by atoms with E-state index < -0.39 is 6.04 Å². The lowest BCUT2D eigenvalue weighted by Gasteiger charge is -2.35. The third-order valence-corrected chi connectivity index (χ3v) is 4.82. The van der Waals surface area contributed by atoms with E-state index in [1.165, 1.54) is 9.80 Å². The molecule has 3 rings (SSSR count). The summed E-state index contributed by atoms with van der Waals surface area (Å²) in [6, 6.07) is -0.986. The number of aliphatic imine (C=N–C) groups is 1. The summed E-state index contributed by atoms with van der Waals surface area (Å²) in [6.07, 6.45) is 0.719. The zero-order valence-corrected chi connectivity index (χ0v) is 15.4. The molecule has 0 aliphatic carbocycles. The van der Waals surface area contributed by atoms with Gasteiger partial charge < -0.3 is 4.74 Å². The van der Waals surface area contributed by atoms with Crippen LogP contribution < -0.4 is 0 Å². The zero-order chi connectivity index (χ0) is 18.3. The molecular formula is C16H25N6O3+. The van der Waals surface area contributed by atoms with Gasteiger partial charge in [0.15, 0.2) is 0 Å². The molecule has 1 fully saturated rings. The molecule has 0 N–H and O–H groups in total. The molecular weight excluding hydrogens is 324 g/mol. The van der Waals surface area contributed by atoms with Crippen LogP contribution in [0.15, 0.2) is 10.1 Å². The maximum Gasteiger partial charge on any atom is 0.417 e. The summed E-state index contributed by atoms with van der Waals surface area (Å²) < 4.78 is 7.11. The van der Waals surface area contributed by atoms with Crippen LogP contribution in [0.4, 0.5) is 4.79 Å². The first-order valence-corrected chi connectivity index (χ1v) is 8.56. The highest BCUT2D eigenvalue weighted by Crippen LogP contribution is 2.25. The Morgan fingerprint density at radius 3 is 2.64 bits per heavy atom. The van der Waals surface area contributed by atoms with Gasteiger partial charge in [0.25, 0.3) is 5.91 Å². The second-order valence-electron chi connectivity index (χ2n) is 6.44. The summed E-state index contributed by atoms with van der Waals surface area (Å²) in [5, 5.41) is 6.33. The zero-order valence-electron chi connectivity index (χ0n) is 15.4. The number of ether oxygens (including phenoxy) is 1. The SMILES string of the molecule is CCCN1C(=O)C2C(=NC3=[N+]2C(C)C(C)=NN3CCOC)N(C)C1=O. The van der Waals surface area contributed by atoms with Gasteiger partial charge >= 0.3 is 12.0 Å². The number of likely N-dealkylation sites (N-methyl/N-ethyl adjacent to an activating group) is 1. The number of nitrogens with zero attached hydrogens (tertiary/aromatic N) is 6. The third kappa shape index (κ3) is 2.62. The summed E-state index contributed by atoms with van der Waals surface area (Å²) >= 11 is 0. The quantitative estimate of drug-likeness (QED) is 0.663. The van der Waals surface area contributed by atoms with Crippen molar-refractivity contribution in [1.29, 1.82) is 0 Å². The van der Waals surface area contributed by atoms with E-state index in [4.69, 9.17) is 4.74 Å². The van der Waals surface area contributed by atoms with E-state index in [9.17, 15) is 9.59 Å². The van der Waals surface area contributed by atoms with Gasteiger partial charge in [0.1, 0.15) is 12.6 Å². The van der Waals surface area contributed by atoms with E-state index in [-0.39, 0.29) is 18.0 Å². The number of carbonyl (C=O) groups is 2. The number of fused-ring (bicyclic) bond motifs is 2. The highest BCUT2D eigenvalue weighted by atomic mass is 16.5. The van der Waals surface area contributed by atoms with Crippen molar-refractivity contribution in [2.24, 2.45) is 10.1 Å². The minimum atomic E-state index is -0.588. The van der Waals surface area contributed by atoms with Gasteiger partial charge in [0, 0.05) is 20.7 Å². The maximum absolute atomic E-state index is 13.0. The fourth-order valence-corrected chi connectivity index (χ4v) is 3.33. The normalized spacial score (nSPS) is 26.0. The summed E-state index contributed by atoms with van der Waals surface area (Å²) in [4.78, 5) is 33.0. The first-order valence-electron chi connectivity index (χ1n) is 8.56. The predicted molar refractivity (Wildman–Crippen MR) is 92.8 cm³/mol. The summed E-state index contributed by atoms with van der Waals surface area (Å²) in [7, 11) is 3.30. The Balaban J connectivity index is 2.03. The molecule has 3 amide bonds. The Kier molecular flexibility index (Phi) is 4.59. The van der Waals surface area contributed by atoms with Gasteiger partial charge in [-0.1, -0.05) is 11.9 Å². The van der Waals surface area contributed by atoms with E-state index in [1.54, 1.807) is 19.2 Å². The van der Waals surface area contributed by atoms with E-state index in [0.717, 1.165) is 12.1 Å². The number of hydrazone groups is 1. The molecule has 136 valence electrons. The highest BCUT2D eigenvalue weighted by molar-refractivity contribution is 6.23. The van der Waals surface area contributed by atoms with Crippen LogP contribution in [0.5, 0.6) is 0 Å². The van der Waals surface area contributed by atoms with E-state index in [2.05, 4.69) is 10.1 Å². The average Bonchev–Trinajstić information content (AvgIpc) is 3.00. The molecule has 2 unspecified atom stereocenters. The van der Waals surface area contributed by atoms with Crippen LogP contribution in [0.2, 0.25) is 0 Å². The van der Waals surface area contributed by atoms with Crippen LogP contribution in [0.1, 0.15) is 27.2 Å². The molecule has 0 spiro atoms. The number of amides is 3. The highest BCUT2D eigenvalue weighted by Gasteiger charge is 2.55. The third-order valence-electron chi connectivity index (χ3n) is 4.82. The largest absolute Gasteiger partial charge is 0.417 e. The second kappa shape index (κ2) is 6.55. The maximum atomic E-state index is 13.0. The molecule has 3 heterocycles. The predicted octanol–water partition coefficient (Wildman–Crippen LogP) is 0.166. The first kappa shape index (κ1) is 17.5. The van der Waals surface area contributed by atoms with Gasteiger partial charge in [-0.05, 0) is 20.3 Å². The van der Waals surface area contributed by atoms with Gasteiger partial charge in [-0.25, -0.2) is 9.37 Å².